The number of hydrogen-bond donors (Lipinski definition) is 2. The fourth-order valence-corrected chi connectivity index (χ4v) is 2.19. The van der Waals surface area contributed by atoms with Gasteiger partial charge in [0.05, 0.1) is 4.92 Å². The molecule has 0 fully saturated rings. The van der Waals surface area contributed by atoms with E-state index >= 15 is 0 Å². The Morgan fingerprint density at radius 2 is 2.05 bits per heavy atom. The van der Waals surface area contributed by atoms with E-state index in [1.54, 1.807) is 29.2 Å². The van der Waals surface area contributed by atoms with Gasteiger partial charge in [-0.1, -0.05) is 12.1 Å². The summed E-state index contributed by atoms with van der Waals surface area (Å²) in [6, 6.07) is 10.7. The maximum atomic E-state index is 13.4. The largest absolute Gasteiger partial charge is 0.336 e. The van der Waals surface area contributed by atoms with Crippen LogP contribution in [0.2, 0.25) is 0 Å². The number of rotatable bonds is 5. The van der Waals surface area contributed by atoms with E-state index < -0.39 is 10.7 Å². The molecule has 2 rings (SSSR count). The molecule has 0 bridgehead atoms. The smallest absolute Gasteiger partial charge is 0.317 e. The number of anilines is 3. The van der Waals surface area contributed by atoms with Crippen LogP contribution in [0.1, 0.15) is 6.92 Å². The van der Waals surface area contributed by atoms with Crippen molar-refractivity contribution in [3.05, 3.63) is 58.4 Å². The molecule has 0 radical (unpaired) electrons. The average Bonchev–Trinajstić information content (AvgIpc) is 2.47. The van der Waals surface area contributed by atoms with Gasteiger partial charge in [0.1, 0.15) is 17.2 Å². The minimum Gasteiger partial charge on any atom is -0.336 e. The van der Waals surface area contributed by atoms with Crippen LogP contribution in [0.5, 0.6) is 0 Å². The fraction of sp³-hybridized carbons (Fsp3) is 0.143. The molecule has 0 aromatic heterocycles. The van der Waals surface area contributed by atoms with Crippen LogP contribution in [-0.4, -0.2) is 11.5 Å². The molecule has 0 amide bonds. The molecule has 110 valence electrons. The maximum absolute atomic E-state index is 13.4. The Labute approximate surface area is 121 Å². The molecule has 0 aliphatic heterocycles. The number of nitrogen functional groups attached to an aromatic ring is 1. The summed E-state index contributed by atoms with van der Waals surface area (Å²) >= 11 is 0. The van der Waals surface area contributed by atoms with Gasteiger partial charge >= 0.3 is 5.69 Å². The lowest BCUT2D eigenvalue weighted by molar-refractivity contribution is -0.383. The van der Waals surface area contributed by atoms with Crippen molar-refractivity contribution in [2.45, 2.75) is 6.92 Å². The molecule has 0 heterocycles. The summed E-state index contributed by atoms with van der Waals surface area (Å²) in [4.78, 5) is 12.5. The van der Waals surface area contributed by atoms with E-state index in [0.717, 1.165) is 0 Å². The molecule has 0 atom stereocenters. The summed E-state index contributed by atoms with van der Waals surface area (Å²) in [6.07, 6.45) is 0. The molecule has 0 saturated heterocycles. The van der Waals surface area contributed by atoms with Gasteiger partial charge in [0.25, 0.3) is 0 Å². The Morgan fingerprint density at radius 3 is 2.62 bits per heavy atom. The maximum Gasteiger partial charge on any atom is 0.317 e. The zero-order valence-corrected chi connectivity index (χ0v) is 11.4. The summed E-state index contributed by atoms with van der Waals surface area (Å²) in [5, 5.41) is 11.3. The Balaban J connectivity index is 2.60. The van der Waals surface area contributed by atoms with Gasteiger partial charge in [-0.2, -0.15) is 0 Å². The molecule has 6 nitrogen and oxygen atoms in total. The summed E-state index contributed by atoms with van der Waals surface area (Å²) in [5.41, 5.74) is 3.26. The van der Waals surface area contributed by atoms with Crippen LogP contribution in [0.3, 0.4) is 0 Å². The van der Waals surface area contributed by atoms with Gasteiger partial charge in [0.15, 0.2) is 0 Å². The van der Waals surface area contributed by atoms with Crippen molar-refractivity contribution in [1.82, 2.24) is 0 Å². The predicted octanol–water partition coefficient (Wildman–Crippen LogP) is 3.18. The molecule has 2 aromatic carbocycles. The monoisotopic (exact) mass is 290 g/mol. The van der Waals surface area contributed by atoms with E-state index in [1.165, 1.54) is 18.2 Å². The first-order valence-corrected chi connectivity index (χ1v) is 6.35. The second-order valence-corrected chi connectivity index (χ2v) is 4.30. The first kappa shape index (κ1) is 14.7. The number of halogens is 1. The van der Waals surface area contributed by atoms with E-state index in [9.17, 15) is 14.5 Å². The van der Waals surface area contributed by atoms with Gasteiger partial charge < -0.3 is 10.3 Å². The fourth-order valence-electron chi connectivity index (χ4n) is 2.19. The predicted molar refractivity (Wildman–Crippen MR) is 80.0 cm³/mol. The van der Waals surface area contributed by atoms with Gasteiger partial charge in [-0.15, -0.1) is 0 Å². The van der Waals surface area contributed by atoms with Crippen molar-refractivity contribution in [3.8, 4) is 0 Å². The molecular formula is C14H15FN4O2. The summed E-state index contributed by atoms with van der Waals surface area (Å²) in [5.74, 6) is 4.93. The molecule has 21 heavy (non-hydrogen) atoms. The first-order chi connectivity index (χ1) is 10.1. The molecule has 0 aliphatic carbocycles. The van der Waals surface area contributed by atoms with Gasteiger partial charge in [-0.05, 0) is 37.3 Å². The third-order valence-corrected chi connectivity index (χ3v) is 3.08. The van der Waals surface area contributed by atoms with E-state index in [2.05, 4.69) is 5.43 Å². The van der Waals surface area contributed by atoms with Crippen molar-refractivity contribution < 1.29 is 9.31 Å². The molecular weight excluding hydrogens is 275 g/mol. The highest BCUT2D eigenvalue weighted by Gasteiger charge is 2.23. The molecule has 2 aromatic rings. The number of benzene rings is 2. The Bertz CT molecular complexity index is 663. The number of nitrogens with zero attached hydrogens (tertiary/aromatic N) is 2. The van der Waals surface area contributed by atoms with Crippen molar-refractivity contribution in [1.29, 1.82) is 0 Å². The zero-order valence-electron chi connectivity index (χ0n) is 11.4. The Hall–Kier alpha value is -2.67. The number of hydrogen-bond acceptors (Lipinski definition) is 5. The number of nitrogens with one attached hydrogen (secondary N) is 1. The molecule has 0 unspecified atom stereocenters. The van der Waals surface area contributed by atoms with Crippen LogP contribution < -0.4 is 16.2 Å². The highest BCUT2D eigenvalue weighted by molar-refractivity contribution is 5.80. The SMILES string of the molecule is CCN(c1cccc(F)c1)c1cccc(NN)c1[N+](=O)[O-]. The minimum atomic E-state index is -0.507. The summed E-state index contributed by atoms with van der Waals surface area (Å²) < 4.78 is 13.4. The lowest BCUT2D eigenvalue weighted by Gasteiger charge is -2.23. The number of nitro benzene ring substituents is 1. The first-order valence-electron chi connectivity index (χ1n) is 6.35. The van der Waals surface area contributed by atoms with Crippen molar-refractivity contribution >= 4 is 22.7 Å². The normalized spacial score (nSPS) is 10.2. The Kier molecular flexibility index (Phi) is 4.34. The standard InChI is InChI=1S/C14H15FN4O2/c1-2-18(11-6-3-5-10(15)9-11)13-8-4-7-12(17-16)14(13)19(20)21/h3-9,17H,2,16H2,1H3. The number of nitro groups is 1. The van der Waals surface area contributed by atoms with Crippen molar-refractivity contribution in [2.24, 2.45) is 5.84 Å². The van der Waals surface area contributed by atoms with E-state index in [1.807, 2.05) is 6.92 Å². The average molecular weight is 290 g/mol. The minimum absolute atomic E-state index is 0.147. The molecule has 7 heteroatoms. The van der Waals surface area contributed by atoms with E-state index in [-0.39, 0.29) is 11.4 Å². The van der Waals surface area contributed by atoms with E-state index in [4.69, 9.17) is 5.84 Å². The van der Waals surface area contributed by atoms with Gasteiger partial charge in [-0.3, -0.25) is 16.0 Å². The molecule has 0 aliphatic rings. The van der Waals surface area contributed by atoms with Crippen molar-refractivity contribution in [3.63, 3.8) is 0 Å². The van der Waals surface area contributed by atoms with Crippen LogP contribution in [0.25, 0.3) is 0 Å². The third kappa shape index (κ3) is 2.92. The van der Waals surface area contributed by atoms with Crippen LogP contribution in [-0.2, 0) is 0 Å². The second-order valence-electron chi connectivity index (χ2n) is 4.30. The summed E-state index contributed by atoms with van der Waals surface area (Å²) in [6.45, 7) is 2.27. The Morgan fingerprint density at radius 1 is 1.33 bits per heavy atom. The van der Waals surface area contributed by atoms with Crippen LogP contribution in [0.15, 0.2) is 42.5 Å². The summed E-state index contributed by atoms with van der Waals surface area (Å²) in [7, 11) is 0. The van der Waals surface area contributed by atoms with Crippen LogP contribution >= 0.6 is 0 Å². The quantitative estimate of drug-likeness (QED) is 0.502. The van der Waals surface area contributed by atoms with Gasteiger partial charge in [-0.25, -0.2) is 4.39 Å². The highest BCUT2D eigenvalue weighted by Crippen LogP contribution is 2.38. The number of nitrogens with two attached hydrogens (primary N) is 1. The van der Waals surface area contributed by atoms with E-state index in [0.29, 0.717) is 17.9 Å². The highest BCUT2D eigenvalue weighted by atomic mass is 19.1. The van der Waals surface area contributed by atoms with Crippen LogP contribution in [0, 0.1) is 15.9 Å². The topological polar surface area (TPSA) is 84.4 Å². The molecule has 3 N–H and O–H groups in total. The van der Waals surface area contributed by atoms with Gasteiger partial charge in [0.2, 0.25) is 0 Å². The zero-order chi connectivity index (χ0) is 15.4. The lowest BCUT2D eigenvalue weighted by Crippen LogP contribution is -2.19. The van der Waals surface area contributed by atoms with Crippen molar-refractivity contribution in [2.75, 3.05) is 16.9 Å². The second kappa shape index (κ2) is 6.19. The molecule has 0 saturated carbocycles. The van der Waals surface area contributed by atoms with Crippen LogP contribution in [0.4, 0.5) is 27.1 Å². The van der Waals surface area contributed by atoms with Gasteiger partial charge in [0, 0.05) is 12.2 Å². The number of para-hydroxylation sites is 1. The third-order valence-electron chi connectivity index (χ3n) is 3.08. The lowest BCUT2D eigenvalue weighted by atomic mass is 10.2. The molecule has 0 spiro atoms. The number of hydrazine groups is 1.